The maximum Gasteiger partial charge on any atom is 2.00 e. The molecule has 0 aromatic heterocycles. The summed E-state index contributed by atoms with van der Waals surface area (Å²) in [4.78, 5) is 0. The van der Waals surface area contributed by atoms with E-state index in [0.29, 0.717) is 0 Å². The zero-order valence-corrected chi connectivity index (χ0v) is 16.9. The molecular weight excluding hydrogens is 764 g/mol. The monoisotopic (exact) mass is 767 g/mol. The SMILES string of the molecule is [Ba+2].[Bi].[Bi].[Bi].[H-].[H-]. The predicted molar refractivity (Wildman–Crippen MR) is 25.2 cm³/mol. The molecule has 0 aliphatic rings. The van der Waals surface area contributed by atoms with Gasteiger partial charge in [0.2, 0.25) is 0 Å². The van der Waals surface area contributed by atoms with Gasteiger partial charge in [0, 0.05) is 78.6 Å². The van der Waals surface area contributed by atoms with E-state index in [9.17, 15) is 0 Å². The van der Waals surface area contributed by atoms with Crippen molar-refractivity contribution in [1.82, 2.24) is 0 Å². The smallest absolute Gasteiger partial charge is 1.00 e. The van der Waals surface area contributed by atoms with E-state index in [-0.39, 0.29) is 130 Å². The molecule has 0 amide bonds. The van der Waals surface area contributed by atoms with E-state index in [0.717, 1.165) is 0 Å². The summed E-state index contributed by atoms with van der Waals surface area (Å²) in [6, 6.07) is 0. The molecule has 0 saturated heterocycles. The van der Waals surface area contributed by atoms with E-state index in [1.165, 1.54) is 0 Å². The molecule has 0 fully saturated rings. The standard InChI is InChI=1S/Ba.3Bi.2H/q+2;;;;2*-1. The van der Waals surface area contributed by atoms with Crippen molar-refractivity contribution in [1.29, 1.82) is 0 Å². The van der Waals surface area contributed by atoms with Crippen molar-refractivity contribution in [2.24, 2.45) is 0 Å². The maximum atomic E-state index is 0. The van der Waals surface area contributed by atoms with Crippen molar-refractivity contribution in [3.63, 3.8) is 0 Å². The van der Waals surface area contributed by atoms with Gasteiger partial charge in [-0.15, -0.1) is 0 Å². The second kappa shape index (κ2) is 15.7. The Bertz CT molecular complexity index is 8.75. The Balaban J connectivity index is 0. The topological polar surface area (TPSA) is 0 Å². The molecule has 0 atom stereocenters. The second-order valence-corrected chi connectivity index (χ2v) is 0. The van der Waals surface area contributed by atoms with Crippen molar-refractivity contribution in [2.75, 3.05) is 0 Å². The van der Waals surface area contributed by atoms with E-state index >= 15 is 0 Å². The zero-order chi connectivity index (χ0) is 0. The van der Waals surface area contributed by atoms with Crippen LogP contribution in [0, 0.1) is 0 Å². The van der Waals surface area contributed by atoms with Crippen LogP contribution in [0.2, 0.25) is 0 Å². The normalized spacial score (nSPS) is 0. The van der Waals surface area contributed by atoms with Crippen LogP contribution in [-0.4, -0.2) is 127 Å². The molecule has 0 aliphatic carbocycles. The Morgan fingerprint density at radius 1 is 0.750 bits per heavy atom. The van der Waals surface area contributed by atoms with Crippen molar-refractivity contribution in [3.8, 4) is 0 Å². The van der Waals surface area contributed by atoms with E-state index in [4.69, 9.17) is 0 Å². The second-order valence-electron chi connectivity index (χ2n) is 0. The third kappa shape index (κ3) is 9.52. The Labute approximate surface area is 127 Å². The van der Waals surface area contributed by atoms with Crippen LogP contribution in [0.15, 0.2) is 0 Å². The minimum absolute atomic E-state index is 0. The minimum atomic E-state index is 0. The summed E-state index contributed by atoms with van der Waals surface area (Å²) >= 11 is 0. The first-order chi connectivity index (χ1) is 0. The third-order valence-corrected chi connectivity index (χ3v) is 0. The van der Waals surface area contributed by atoms with Crippen LogP contribution in [0.4, 0.5) is 0 Å². The van der Waals surface area contributed by atoms with Gasteiger partial charge in [0.1, 0.15) is 0 Å². The van der Waals surface area contributed by atoms with Gasteiger partial charge in [-0.3, -0.25) is 0 Å². The number of rotatable bonds is 0. The van der Waals surface area contributed by atoms with E-state index in [1.54, 1.807) is 0 Å². The Hall–Kier alpha value is 4.22. The van der Waals surface area contributed by atoms with Gasteiger partial charge in [-0.2, -0.15) is 0 Å². The van der Waals surface area contributed by atoms with Crippen LogP contribution < -0.4 is 0 Å². The summed E-state index contributed by atoms with van der Waals surface area (Å²) in [7, 11) is 0. The summed E-state index contributed by atoms with van der Waals surface area (Å²) in [5.41, 5.74) is 0. The van der Waals surface area contributed by atoms with Gasteiger partial charge in [0.25, 0.3) is 0 Å². The quantitative estimate of drug-likeness (QED) is 0.270. The molecule has 0 aromatic rings. The van der Waals surface area contributed by atoms with Crippen LogP contribution in [-0.2, 0) is 0 Å². The molecule has 0 rings (SSSR count). The first-order valence-corrected chi connectivity index (χ1v) is 0. The zero-order valence-electron chi connectivity index (χ0n) is 4.05. The van der Waals surface area contributed by atoms with Crippen LogP contribution >= 0.6 is 0 Å². The first-order valence-electron chi connectivity index (χ1n) is 0. The Morgan fingerprint density at radius 3 is 0.750 bits per heavy atom. The molecule has 0 spiro atoms. The summed E-state index contributed by atoms with van der Waals surface area (Å²) in [6.07, 6.45) is 0. The molecule has 0 aliphatic heterocycles. The fraction of sp³-hybridized carbons (Fsp3) is 0. The average Bonchev–Trinajstić information content (AvgIpc) is 0. The fourth-order valence-corrected chi connectivity index (χ4v) is 0. The van der Waals surface area contributed by atoms with Gasteiger partial charge < -0.3 is 2.85 Å². The molecule has 9 radical (unpaired) electrons. The molecule has 0 N–H and O–H groups in total. The molecule has 0 aromatic carbocycles. The van der Waals surface area contributed by atoms with Gasteiger partial charge >= 0.3 is 48.9 Å². The minimum Gasteiger partial charge on any atom is -1.00 e. The molecule has 0 nitrogen and oxygen atoms in total. The Morgan fingerprint density at radius 2 is 0.750 bits per heavy atom. The number of hydrogen-bond acceptors (Lipinski definition) is 0. The molecule has 0 bridgehead atoms. The van der Waals surface area contributed by atoms with Gasteiger partial charge in [-0.1, -0.05) is 0 Å². The first kappa shape index (κ1) is 24.1. The fourth-order valence-electron chi connectivity index (χ4n) is 0. The van der Waals surface area contributed by atoms with Crippen molar-refractivity contribution in [3.05, 3.63) is 0 Å². The van der Waals surface area contributed by atoms with Gasteiger partial charge in [-0.05, 0) is 0 Å². The van der Waals surface area contributed by atoms with Crippen molar-refractivity contribution < 1.29 is 2.85 Å². The van der Waals surface area contributed by atoms with Crippen molar-refractivity contribution in [2.45, 2.75) is 0 Å². The van der Waals surface area contributed by atoms with E-state index in [1.807, 2.05) is 0 Å². The molecule has 0 saturated carbocycles. The Kier molecular flexibility index (Phi) is 94.3. The molecule has 0 heterocycles. The number of hydrogen-bond donors (Lipinski definition) is 0. The summed E-state index contributed by atoms with van der Waals surface area (Å²) in [5.74, 6) is 0. The van der Waals surface area contributed by atoms with E-state index < -0.39 is 0 Å². The summed E-state index contributed by atoms with van der Waals surface area (Å²) in [5, 5.41) is 0. The molecular formula is H2BaBi3. The summed E-state index contributed by atoms with van der Waals surface area (Å²) in [6.45, 7) is 0. The largest absolute Gasteiger partial charge is 2.00 e. The predicted octanol–water partition coefficient (Wildman–Crippen LogP) is -1.30. The van der Waals surface area contributed by atoms with Gasteiger partial charge in [-0.25, -0.2) is 0 Å². The van der Waals surface area contributed by atoms with Gasteiger partial charge in [0.15, 0.2) is 0 Å². The average molecular weight is 766 g/mol. The molecule has 19 valence electrons. The van der Waals surface area contributed by atoms with Crippen LogP contribution in [0.5, 0.6) is 0 Å². The van der Waals surface area contributed by atoms with Crippen LogP contribution in [0.1, 0.15) is 2.85 Å². The molecule has 0 unspecified atom stereocenters. The van der Waals surface area contributed by atoms with Crippen LogP contribution in [0.25, 0.3) is 0 Å². The van der Waals surface area contributed by atoms with Gasteiger partial charge in [0.05, 0.1) is 0 Å². The van der Waals surface area contributed by atoms with Crippen molar-refractivity contribution >= 4 is 127 Å². The summed E-state index contributed by atoms with van der Waals surface area (Å²) < 4.78 is 0. The third-order valence-electron chi connectivity index (χ3n) is 0. The molecule has 4 heteroatoms. The molecule has 4 heavy (non-hydrogen) atoms. The van der Waals surface area contributed by atoms with E-state index in [2.05, 4.69) is 0 Å². The maximum absolute atomic E-state index is 0. The van der Waals surface area contributed by atoms with Crippen LogP contribution in [0.3, 0.4) is 0 Å².